The molecule has 0 amide bonds. The van der Waals surface area contributed by atoms with Crippen molar-refractivity contribution in [3.8, 4) is 0 Å². The molecule has 10 heavy (non-hydrogen) atoms. The topological polar surface area (TPSA) is 12.0 Å². The molecule has 0 aliphatic carbocycles. The fraction of sp³-hybridized carbons (Fsp3) is 0.556. The molecule has 0 saturated heterocycles. The summed E-state index contributed by atoms with van der Waals surface area (Å²) < 4.78 is 0. The number of unbranched alkanes of at least 4 members (excludes halogenated alkanes) is 1. The minimum absolute atomic E-state index is 0.983. The normalized spacial score (nSPS) is 13.4. The number of rotatable bonds is 1. The van der Waals surface area contributed by atoms with Crippen LogP contribution in [0.25, 0.3) is 0 Å². The molecule has 1 aliphatic heterocycles. The quantitative estimate of drug-likeness (QED) is 0.588. The highest BCUT2D eigenvalue weighted by molar-refractivity contribution is 5.06. The van der Waals surface area contributed by atoms with Crippen LogP contribution in [0.15, 0.2) is 24.4 Å². The molecule has 0 aromatic rings. The van der Waals surface area contributed by atoms with Crippen molar-refractivity contribution in [2.75, 3.05) is 6.54 Å². The monoisotopic (exact) mass is 139 g/mol. The summed E-state index contributed by atoms with van der Waals surface area (Å²) in [4.78, 5) is 0. The molecule has 0 aromatic carbocycles. The van der Waals surface area contributed by atoms with Gasteiger partial charge in [0, 0.05) is 6.54 Å². The van der Waals surface area contributed by atoms with Crippen LogP contribution < -0.4 is 5.32 Å². The van der Waals surface area contributed by atoms with Gasteiger partial charge in [-0.2, -0.15) is 0 Å². The second-order valence-corrected chi connectivity index (χ2v) is 2.20. The van der Waals surface area contributed by atoms with Crippen molar-refractivity contribution in [3.05, 3.63) is 24.4 Å². The smallest absolute Gasteiger partial charge is 0.0328 e. The van der Waals surface area contributed by atoms with E-state index in [1.165, 1.54) is 12.8 Å². The van der Waals surface area contributed by atoms with Crippen molar-refractivity contribution in [1.29, 1.82) is 0 Å². The highest BCUT2D eigenvalue weighted by Crippen LogP contribution is 1.78. The zero-order chi connectivity index (χ0) is 7.66. The van der Waals surface area contributed by atoms with Gasteiger partial charge in [0.1, 0.15) is 0 Å². The number of dihydropyridines is 1. The van der Waals surface area contributed by atoms with Gasteiger partial charge in [-0.3, -0.25) is 0 Å². The molecule has 1 nitrogen and oxygen atoms in total. The number of nitrogens with one attached hydrogen (secondary N) is 1. The third kappa shape index (κ3) is 7.28. The van der Waals surface area contributed by atoms with E-state index < -0.39 is 0 Å². The van der Waals surface area contributed by atoms with E-state index in [1.807, 2.05) is 18.4 Å². The Morgan fingerprint density at radius 1 is 1.20 bits per heavy atom. The molecule has 0 unspecified atom stereocenters. The van der Waals surface area contributed by atoms with Crippen LogP contribution >= 0.6 is 0 Å². The van der Waals surface area contributed by atoms with E-state index in [1.54, 1.807) is 0 Å². The van der Waals surface area contributed by atoms with Crippen LogP contribution in [-0.2, 0) is 0 Å². The number of allylic oxidation sites excluding steroid dienone is 2. The second kappa shape index (κ2) is 8.28. The maximum absolute atomic E-state index is 3.02. The first-order chi connectivity index (χ1) is 4.91. The lowest BCUT2D eigenvalue weighted by molar-refractivity contribution is 0.886. The molecule has 1 heterocycles. The van der Waals surface area contributed by atoms with Gasteiger partial charge in [0.25, 0.3) is 0 Å². The summed E-state index contributed by atoms with van der Waals surface area (Å²) in [7, 11) is 0. The van der Waals surface area contributed by atoms with Crippen LogP contribution in [0.3, 0.4) is 0 Å². The van der Waals surface area contributed by atoms with Crippen molar-refractivity contribution in [1.82, 2.24) is 5.32 Å². The molecule has 0 fully saturated rings. The SMILES string of the molecule is C1=CCNC=C1.CCCC. The van der Waals surface area contributed by atoms with Crippen LogP contribution in [0.1, 0.15) is 26.7 Å². The third-order valence-electron chi connectivity index (χ3n) is 1.20. The largest absolute Gasteiger partial charge is 0.387 e. The third-order valence-corrected chi connectivity index (χ3v) is 1.20. The lowest BCUT2D eigenvalue weighted by Gasteiger charge is -1.94. The standard InChI is InChI=1S/C5H7N.C4H10/c1-2-4-6-5-3-1;1-3-4-2/h1-4,6H,5H2;3-4H2,1-2H3. The van der Waals surface area contributed by atoms with E-state index in [9.17, 15) is 0 Å². The number of hydrogen-bond donors (Lipinski definition) is 1. The van der Waals surface area contributed by atoms with E-state index in [0.717, 1.165) is 6.54 Å². The molecule has 0 aromatic heterocycles. The molecule has 0 atom stereocenters. The second-order valence-electron chi connectivity index (χ2n) is 2.20. The summed E-state index contributed by atoms with van der Waals surface area (Å²) in [6.07, 6.45) is 10.6. The summed E-state index contributed by atoms with van der Waals surface area (Å²) in [5.41, 5.74) is 0. The predicted molar refractivity (Wildman–Crippen MR) is 46.9 cm³/mol. The van der Waals surface area contributed by atoms with Gasteiger partial charge in [0.05, 0.1) is 0 Å². The Balaban J connectivity index is 0.000000180. The summed E-state index contributed by atoms with van der Waals surface area (Å²) in [5.74, 6) is 0. The summed E-state index contributed by atoms with van der Waals surface area (Å²) in [5, 5.41) is 3.02. The van der Waals surface area contributed by atoms with Gasteiger partial charge in [-0.1, -0.05) is 38.8 Å². The Kier molecular flexibility index (Phi) is 7.68. The Hall–Kier alpha value is -0.720. The van der Waals surface area contributed by atoms with Crippen LogP contribution in [0.2, 0.25) is 0 Å². The maximum atomic E-state index is 3.02. The summed E-state index contributed by atoms with van der Waals surface area (Å²) in [6, 6.07) is 0. The fourth-order valence-corrected chi connectivity index (χ4v) is 0.406. The van der Waals surface area contributed by atoms with E-state index in [2.05, 4.69) is 25.2 Å². The highest BCUT2D eigenvalue weighted by Gasteiger charge is 1.73. The van der Waals surface area contributed by atoms with Crippen molar-refractivity contribution in [3.63, 3.8) is 0 Å². The molecule has 1 rings (SSSR count). The average Bonchev–Trinajstić information content (AvgIpc) is 2.08. The number of hydrogen-bond acceptors (Lipinski definition) is 1. The van der Waals surface area contributed by atoms with Gasteiger partial charge < -0.3 is 5.32 Å². The zero-order valence-corrected chi connectivity index (χ0v) is 6.93. The highest BCUT2D eigenvalue weighted by atomic mass is 14.8. The van der Waals surface area contributed by atoms with E-state index >= 15 is 0 Å². The minimum atomic E-state index is 0.983. The molecular formula is C9H17N. The molecule has 0 spiro atoms. The molecular weight excluding hydrogens is 122 g/mol. The first-order valence-corrected chi connectivity index (χ1v) is 3.96. The predicted octanol–water partition coefficient (Wildman–Crippen LogP) is 2.47. The van der Waals surface area contributed by atoms with Crippen molar-refractivity contribution in [2.45, 2.75) is 26.7 Å². The Morgan fingerprint density at radius 3 is 2.00 bits per heavy atom. The molecule has 0 saturated carbocycles. The molecule has 1 aliphatic rings. The van der Waals surface area contributed by atoms with Crippen LogP contribution in [0.5, 0.6) is 0 Å². The van der Waals surface area contributed by atoms with Gasteiger partial charge in [-0.25, -0.2) is 0 Å². The van der Waals surface area contributed by atoms with Gasteiger partial charge in [-0.05, 0) is 12.3 Å². The Bertz CT molecular complexity index is 89.3. The fourth-order valence-electron chi connectivity index (χ4n) is 0.406. The summed E-state index contributed by atoms with van der Waals surface area (Å²) in [6.45, 7) is 5.34. The molecule has 0 bridgehead atoms. The van der Waals surface area contributed by atoms with E-state index in [0.29, 0.717) is 0 Å². The van der Waals surface area contributed by atoms with E-state index in [4.69, 9.17) is 0 Å². The van der Waals surface area contributed by atoms with Crippen molar-refractivity contribution >= 4 is 0 Å². The lowest BCUT2D eigenvalue weighted by Crippen LogP contribution is -2.05. The van der Waals surface area contributed by atoms with Gasteiger partial charge in [0.2, 0.25) is 0 Å². The van der Waals surface area contributed by atoms with Gasteiger partial charge in [-0.15, -0.1) is 0 Å². The Labute approximate surface area is 63.8 Å². The van der Waals surface area contributed by atoms with Crippen LogP contribution in [-0.4, -0.2) is 6.54 Å². The minimum Gasteiger partial charge on any atom is -0.387 e. The maximum Gasteiger partial charge on any atom is 0.0328 e. The van der Waals surface area contributed by atoms with Gasteiger partial charge in [0.15, 0.2) is 0 Å². The molecule has 58 valence electrons. The average molecular weight is 139 g/mol. The molecule has 1 N–H and O–H groups in total. The van der Waals surface area contributed by atoms with Crippen LogP contribution in [0, 0.1) is 0 Å². The first kappa shape index (κ1) is 9.28. The first-order valence-electron chi connectivity index (χ1n) is 3.96. The lowest BCUT2D eigenvalue weighted by atomic mass is 10.4. The zero-order valence-electron chi connectivity index (χ0n) is 6.93. The van der Waals surface area contributed by atoms with Gasteiger partial charge >= 0.3 is 0 Å². The van der Waals surface area contributed by atoms with Crippen LogP contribution in [0.4, 0.5) is 0 Å². The molecule has 1 heteroatoms. The van der Waals surface area contributed by atoms with Crippen molar-refractivity contribution < 1.29 is 0 Å². The van der Waals surface area contributed by atoms with Crippen molar-refractivity contribution in [2.24, 2.45) is 0 Å². The Morgan fingerprint density at radius 2 is 1.90 bits per heavy atom. The van der Waals surface area contributed by atoms with E-state index in [-0.39, 0.29) is 0 Å². The summed E-state index contributed by atoms with van der Waals surface area (Å²) >= 11 is 0. The molecule has 0 radical (unpaired) electrons.